The first-order valence-electron chi connectivity index (χ1n) is 9.07. The van der Waals surface area contributed by atoms with Crippen molar-refractivity contribution in [1.29, 1.82) is 0 Å². The average Bonchev–Trinajstić information content (AvgIpc) is 2.67. The number of nitrogens with zero attached hydrogens (tertiary/aromatic N) is 3. The molecule has 7 heteroatoms. The SMILES string of the molecule is COCCNC(=O)CN1CCN(C(C)C(=O)N(C)c2ccccc2)CC1. The first kappa shape index (κ1) is 20.4. The van der Waals surface area contributed by atoms with Crippen LogP contribution in [0.15, 0.2) is 30.3 Å². The lowest BCUT2D eigenvalue weighted by Crippen LogP contribution is -2.55. The number of nitrogens with one attached hydrogen (secondary N) is 1. The smallest absolute Gasteiger partial charge is 0.243 e. The molecular formula is C19H30N4O3. The minimum Gasteiger partial charge on any atom is -0.383 e. The third-order valence-electron chi connectivity index (χ3n) is 4.78. The van der Waals surface area contributed by atoms with Gasteiger partial charge in [0, 0.05) is 52.6 Å². The molecule has 1 saturated heterocycles. The Morgan fingerprint density at radius 3 is 2.46 bits per heavy atom. The van der Waals surface area contributed by atoms with Gasteiger partial charge in [0.1, 0.15) is 0 Å². The fourth-order valence-electron chi connectivity index (χ4n) is 3.08. The molecule has 1 N–H and O–H groups in total. The number of ether oxygens (including phenoxy) is 1. The second kappa shape index (κ2) is 10.3. The molecular weight excluding hydrogens is 332 g/mol. The maximum absolute atomic E-state index is 12.7. The van der Waals surface area contributed by atoms with E-state index in [1.807, 2.05) is 44.3 Å². The number of methoxy groups -OCH3 is 1. The highest BCUT2D eigenvalue weighted by Gasteiger charge is 2.28. The summed E-state index contributed by atoms with van der Waals surface area (Å²) in [6.45, 7) is 6.52. The summed E-state index contributed by atoms with van der Waals surface area (Å²) < 4.78 is 4.93. The van der Waals surface area contributed by atoms with Gasteiger partial charge in [-0.15, -0.1) is 0 Å². The van der Waals surface area contributed by atoms with E-state index in [-0.39, 0.29) is 17.9 Å². The molecule has 1 fully saturated rings. The van der Waals surface area contributed by atoms with E-state index in [9.17, 15) is 9.59 Å². The topological polar surface area (TPSA) is 65.1 Å². The van der Waals surface area contributed by atoms with Gasteiger partial charge in [-0.3, -0.25) is 19.4 Å². The monoisotopic (exact) mass is 362 g/mol. The molecule has 1 aromatic carbocycles. The number of hydrogen-bond acceptors (Lipinski definition) is 5. The van der Waals surface area contributed by atoms with Crippen LogP contribution in [0.2, 0.25) is 0 Å². The lowest BCUT2D eigenvalue weighted by atomic mass is 10.2. The standard InChI is InChI=1S/C19H30N4O3/c1-16(19(25)21(2)17-7-5-4-6-8-17)23-12-10-22(11-13-23)15-18(24)20-9-14-26-3/h4-8,16H,9-15H2,1-3H3,(H,20,24). The summed E-state index contributed by atoms with van der Waals surface area (Å²) in [7, 11) is 3.43. The summed E-state index contributed by atoms with van der Waals surface area (Å²) in [4.78, 5) is 30.6. The number of hydrogen-bond donors (Lipinski definition) is 1. The molecule has 0 aliphatic carbocycles. The van der Waals surface area contributed by atoms with Crippen LogP contribution < -0.4 is 10.2 Å². The number of likely N-dealkylation sites (N-methyl/N-ethyl adjacent to an activating group) is 1. The Hall–Kier alpha value is -1.96. The Labute approximate surface area is 155 Å². The van der Waals surface area contributed by atoms with E-state index in [0.717, 1.165) is 31.9 Å². The van der Waals surface area contributed by atoms with Crippen LogP contribution >= 0.6 is 0 Å². The predicted octanol–water partition coefficient (Wildman–Crippen LogP) is 0.418. The third kappa shape index (κ3) is 5.79. The van der Waals surface area contributed by atoms with Crippen molar-refractivity contribution in [3.63, 3.8) is 0 Å². The maximum Gasteiger partial charge on any atom is 0.243 e. The first-order valence-corrected chi connectivity index (χ1v) is 9.07. The highest BCUT2D eigenvalue weighted by molar-refractivity contribution is 5.96. The molecule has 0 spiro atoms. The lowest BCUT2D eigenvalue weighted by molar-refractivity contribution is -0.126. The summed E-state index contributed by atoms with van der Waals surface area (Å²) in [5.41, 5.74) is 0.899. The van der Waals surface area contributed by atoms with Crippen molar-refractivity contribution in [3.05, 3.63) is 30.3 Å². The van der Waals surface area contributed by atoms with Crippen molar-refractivity contribution >= 4 is 17.5 Å². The molecule has 2 amide bonds. The lowest BCUT2D eigenvalue weighted by Gasteiger charge is -2.38. The molecule has 26 heavy (non-hydrogen) atoms. The number of para-hydroxylation sites is 1. The van der Waals surface area contributed by atoms with Gasteiger partial charge in [0.15, 0.2) is 0 Å². The molecule has 1 aliphatic heterocycles. The van der Waals surface area contributed by atoms with Crippen molar-refractivity contribution < 1.29 is 14.3 Å². The molecule has 1 aliphatic rings. The molecule has 0 radical (unpaired) electrons. The zero-order chi connectivity index (χ0) is 18.9. The van der Waals surface area contributed by atoms with Gasteiger partial charge in [-0.1, -0.05) is 18.2 Å². The van der Waals surface area contributed by atoms with E-state index in [2.05, 4.69) is 15.1 Å². The zero-order valence-electron chi connectivity index (χ0n) is 16.0. The quantitative estimate of drug-likeness (QED) is 0.679. The van der Waals surface area contributed by atoms with Crippen LogP contribution in [0.1, 0.15) is 6.92 Å². The number of anilines is 1. The normalized spacial score (nSPS) is 16.9. The van der Waals surface area contributed by atoms with E-state index in [1.165, 1.54) is 0 Å². The van der Waals surface area contributed by atoms with Gasteiger partial charge in [0.05, 0.1) is 19.2 Å². The Morgan fingerprint density at radius 2 is 1.85 bits per heavy atom. The summed E-state index contributed by atoms with van der Waals surface area (Å²) in [5, 5.41) is 2.84. The van der Waals surface area contributed by atoms with Crippen LogP contribution in [-0.2, 0) is 14.3 Å². The zero-order valence-corrected chi connectivity index (χ0v) is 16.0. The number of amides is 2. The third-order valence-corrected chi connectivity index (χ3v) is 4.78. The molecule has 0 bridgehead atoms. The van der Waals surface area contributed by atoms with Crippen molar-refractivity contribution in [2.24, 2.45) is 0 Å². The molecule has 7 nitrogen and oxygen atoms in total. The molecule has 0 aromatic heterocycles. The number of carbonyl (C=O) groups is 2. The fraction of sp³-hybridized carbons (Fsp3) is 0.579. The van der Waals surface area contributed by atoms with Gasteiger partial charge < -0.3 is 15.0 Å². The van der Waals surface area contributed by atoms with Crippen LogP contribution in [-0.4, -0.2) is 87.7 Å². The Kier molecular flexibility index (Phi) is 8.03. The van der Waals surface area contributed by atoms with E-state index >= 15 is 0 Å². The van der Waals surface area contributed by atoms with Crippen molar-refractivity contribution in [2.45, 2.75) is 13.0 Å². The fourth-order valence-corrected chi connectivity index (χ4v) is 3.08. The Morgan fingerprint density at radius 1 is 1.19 bits per heavy atom. The van der Waals surface area contributed by atoms with Crippen LogP contribution in [0.4, 0.5) is 5.69 Å². The van der Waals surface area contributed by atoms with Gasteiger partial charge in [-0.2, -0.15) is 0 Å². The first-order chi connectivity index (χ1) is 12.5. The highest BCUT2D eigenvalue weighted by atomic mass is 16.5. The highest BCUT2D eigenvalue weighted by Crippen LogP contribution is 2.15. The van der Waals surface area contributed by atoms with Crippen LogP contribution in [0.5, 0.6) is 0 Å². The number of piperazine rings is 1. The second-order valence-corrected chi connectivity index (χ2v) is 6.56. The van der Waals surface area contributed by atoms with Gasteiger partial charge >= 0.3 is 0 Å². The van der Waals surface area contributed by atoms with E-state index in [4.69, 9.17) is 4.74 Å². The minimum atomic E-state index is -0.183. The van der Waals surface area contributed by atoms with Crippen molar-refractivity contribution in [2.75, 3.05) is 64.9 Å². The van der Waals surface area contributed by atoms with E-state index in [0.29, 0.717) is 19.7 Å². The molecule has 1 unspecified atom stereocenters. The molecule has 0 saturated carbocycles. The van der Waals surface area contributed by atoms with Gasteiger partial charge in [0.25, 0.3) is 0 Å². The summed E-state index contributed by atoms with van der Waals surface area (Å²) in [6, 6.07) is 9.49. The number of benzene rings is 1. The van der Waals surface area contributed by atoms with Gasteiger partial charge in [-0.25, -0.2) is 0 Å². The molecule has 144 valence electrons. The summed E-state index contributed by atoms with van der Waals surface area (Å²) in [5.74, 6) is 0.102. The van der Waals surface area contributed by atoms with Gasteiger partial charge in [0.2, 0.25) is 11.8 Å². The number of rotatable bonds is 8. The molecule has 2 rings (SSSR count). The van der Waals surface area contributed by atoms with Gasteiger partial charge in [-0.05, 0) is 19.1 Å². The molecule has 1 aromatic rings. The largest absolute Gasteiger partial charge is 0.383 e. The van der Waals surface area contributed by atoms with E-state index < -0.39 is 0 Å². The van der Waals surface area contributed by atoms with Crippen LogP contribution in [0.3, 0.4) is 0 Å². The van der Waals surface area contributed by atoms with Crippen molar-refractivity contribution in [1.82, 2.24) is 15.1 Å². The molecule has 1 heterocycles. The van der Waals surface area contributed by atoms with Crippen LogP contribution in [0.25, 0.3) is 0 Å². The van der Waals surface area contributed by atoms with Crippen LogP contribution in [0, 0.1) is 0 Å². The summed E-state index contributed by atoms with van der Waals surface area (Å²) >= 11 is 0. The average molecular weight is 362 g/mol. The minimum absolute atomic E-state index is 0.0171. The second-order valence-electron chi connectivity index (χ2n) is 6.56. The molecule has 1 atom stereocenters. The van der Waals surface area contributed by atoms with Crippen molar-refractivity contribution in [3.8, 4) is 0 Å². The number of carbonyl (C=O) groups excluding carboxylic acids is 2. The summed E-state index contributed by atoms with van der Waals surface area (Å²) in [6.07, 6.45) is 0. The Balaban J connectivity index is 1.78. The maximum atomic E-state index is 12.7. The Bertz CT molecular complexity index is 573. The van der Waals surface area contributed by atoms with E-state index in [1.54, 1.807) is 12.0 Å². The predicted molar refractivity (Wildman–Crippen MR) is 102 cm³/mol.